The van der Waals surface area contributed by atoms with Gasteiger partial charge in [0.05, 0.1) is 11.5 Å². The highest BCUT2D eigenvalue weighted by Gasteiger charge is 2.50. The molecule has 0 N–H and O–H groups in total. The topological polar surface area (TPSA) is 27.0 Å². The molecule has 4 aliphatic rings. The SMILES string of the molecule is N#CC12CC3CC(CN(C3)C1)C2. The molecule has 4 rings (SSSR count). The largest absolute Gasteiger partial charge is 0.301 e. The van der Waals surface area contributed by atoms with E-state index in [2.05, 4.69) is 11.0 Å². The lowest BCUT2D eigenvalue weighted by molar-refractivity contribution is -0.0505. The van der Waals surface area contributed by atoms with Crippen molar-refractivity contribution in [2.45, 2.75) is 19.3 Å². The predicted octanol–water partition coefficient (Wildman–Crippen LogP) is 1.24. The van der Waals surface area contributed by atoms with Gasteiger partial charge in [-0.2, -0.15) is 5.26 Å². The van der Waals surface area contributed by atoms with Gasteiger partial charge in [-0.3, -0.25) is 0 Å². The molecule has 4 bridgehead atoms. The lowest BCUT2D eigenvalue weighted by Crippen LogP contribution is -2.58. The smallest absolute Gasteiger partial charge is 0.0707 e. The van der Waals surface area contributed by atoms with Crippen molar-refractivity contribution >= 4 is 0 Å². The molecule has 1 aliphatic carbocycles. The van der Waals surface area contributed by atoms with Crippen molar-refractivity contribution in [2.75, 3.05) is 19.6 Å². The monoisotopic (exact) mass is 162 g/mol. The lowest BCUT2D eigenvalue weighted by Gasteiger charge is -2.55. The molecule has 0 aromatic heterocycles. The third-order valence-electron chi connectivity index (χ3n) is 3.82. The maximum Gasteiger partial charge on any atom is 0.0707 e. The van der Waals surface area contributed by atoms with E-state index in [-0.39, 0.29) is 5.41 Å². The molecule has 2 heteroatoms. The minimum Gasteiger partial charge on any atom is -0.301 e. The zero-order valence-corrected chi connectivity index (χ0v) is 7.29. The Morgan fingerprint density at radius 3 is 2.42 bits per heavy atom. The number of rotatable bonds is 0. The predicted molar refractivity (Wildman–Crippen MR) is 45.3 cm³/mol. The standard InChI is InChI=1S/C10H14N2/c11-6-10-2-8-1-9(3-10)5-12(4-8)7-10/h8-9H,1-5,7H2. The van der Waals surface area contributed by atoms with Gasteiger partial charge in [-0.05, 0) is 31.1 Å². The van der Waals surface area contributed by atoms with Crippen LogP contribution < -0.4 is 0 Å². The van der Waals surface area contributed by atoms with Gasteiger partial charge in [0.25, 0.3) is 0 Å². The van der Waals surface area contributed by atoms with E-state index in [9.17, 15) is 0 Å². The maximum atomic E-state index is 9.15. The molecule has 12 heavy (non-hydrogen) atoms. The van der Waals surface area contributed by atoms with Crippen LogP contribution in [0.15, 0.2) is 0 Å². The Morgan fingerprint density at radius 1 is 1.25 bits per heavy atom. The number of nitrogens with zero attached hydrogens (tertiary/aromatic N) is 2. The molecule has 2 unspecified atom stereocenters. The van der Waals surface area contributed by atoms with Gasteiger partial charge in [-0.15, -0.1) is 0 Å². The molecule has 1 saturated carbocycles. The first-order valence-electron chi connectivity index (χ1n) is 4.93. The van der Waals surface area contributed by atoms with Gasteiger partial charge in [-0.25, -0.2) is 0 Å². The summed E-state index contributed by atoms with van der Waals surface area (Å²) in [6, 6.07) is 2.57. The first-order valence-corrected chi connectivity index (χ1v) is 4.93. The molecule has 0 radical (unpaired) electrons. The van der Waals surface area contributed by atoms with Gasteiger partial charge in [0.1, 0.15) is 0 Å². The van der Waals surface area contributed by atoms with Crippen molar-refractivity contribution in [3.63, 3.8) is 0 Å². The summed E-state index contributed by atoms with van der Waals surface area (Å²) < 4.78 is 0. The normalized spacial score (nSPS) is 55.4. The van der Waals surface area contributed by atoms with Crippen LogP contribution in [0.5, 0.6) is 0 Å². The van der Waals surface area contributed by atoms with Crippen LogP contribution in [0.3, 0.4) is 0 Å². The number of hydrogen-bond donors (Lipinski definition) is 0. The first-order chi connectivity index (χ1) is 5.80. The molecular weight excluding hydrogens is 148 g/mol. The van der Waals surface area contributed by atoms with Gasteiger partial charge in [0.2, 0.25) is 0 Å². The molecular formula is C10H14N2. The van der Waals surface area contributed by atoms with Crippen molar-refractivity contribution in [3.05, 3.63) is 0 Å². The Kier molecular flexibility index (Phi) is 1.17. The summed E-state index contributed by atoms with van der Waals surface area (Å²) in [4.78, 5) is 2.51. The quantitative estimate of drug-likeness (QED) is 0.536. The highest BCUT2D eigenvalue weighted by Crippen LogP contribution is 2.50. The Labute approximate surface area is 73.2 Å². The molecule has 2 atom stereocenters. The van der Waals surface area contributed by atoms with Crippen LogP contribution in [-0.4, -0.2) is 24.5 Å². The van der Waals surface area contributed by atoms with E-state index >= 15 is 0 Å². The minimum absolute atomic E-state index is 0.0735. The second kappa shape index (κ2) is 2.03. The van der Waals surface area contributed by atoms with Gasteiger partial charge in [-0.1, -0.05) is 0 Å². The fourth-order valence-corrected chi connectivity index (χ4v) is 3.72. The highest BCUT2D eigenvalue weighted by molar-refractivity contribution is 5.11. The third-order valence-corrected chi connectivity index (χ3v) is 3.82. The zero-order valence-electron chi connectivity index (χ0n) is 7.29. The van der Waals surface area contributed by atoms with Crippen molar-refractivity contribution in [3.8, 4) is 6.07 Å². The lowest BCUT2D eigenvalue weighted by atomic mass is 9.60. The Bertz CT molecular complexity index is 216. The third kappa shape index (κ3) is 0.778. The number of piperidine rings is 3. The highest BCUT2D eigenvalue weighted by atomic mass is 15.2. The summed E-state index contributed by atoms with van der Waals surface area (Å²) in [6.45, 7) is 3.62. The van der Waals surface area contributed by atoms with Crippen LogP contribution in [0.1, 0.15) is 19.3 Å². The van der Waals surface area contributed by atoms with Crippen molar-refractivity contribution in [1.82, 2.24) is 4.90 Å². The van der Waals surface area contributed by atoms with E-state index < -0.39 is 0 Å². The van der Waals surface area contributed by atoms with E-state index in [4.69, 9.17) is 5.26 Å². The van der Waals surface area contributed by atoms with Crippen LogP contribution in [0.2, 0.25) is 0 Å². The number of nitriles is 1. The van der Waals surface area contributed by atoms with E-state index in [0.29, 0.717) is 0 Å². The summed E-state index contributed by atoms with van der Waals surface area (Å²) in [6.07, 6.45) is 3.78. The first kappa shape index (κ1) is 6.91. The van der Waals surface area contributed by atoms with Gasteiger partial charge < -0.3 is 4.90 Å². The summed E-state index contributed by atoms with van der Waals surface area (Å²) in [7, 11) is 0. The summed E-state index contributed by atoms with van der Waals surface area (Å²) in [5.74, 6) is 1.71. The average Bonchev–Trinajstić information content (AvgIpc) is 2.02. The molecule has 3 saturated heterocycles. The van der Waals surface area contributed by atoms with Crippen molar-refractivity contribution in [2.24, 2.45) is 17.3 Å². The average molecular weight is 162 g/mol. The molecule has 0 amide bonds. The van der Waals surface area contributed by atoms with Crippen LogP contribution in [0.4, 0.5) is 0 Å². The maximum absolute atomic E-state index is 9.15. The molecule has 0 aromatic carbocycles. The number of hydrogen-bond acceptors (Lipinski definition) is 2. The van der Waals surface area contributed by atoms with Gasteiger partial charge >= 0.3 is 0 Å². The summed E-state index contributed by atoms with van der Waals surface area (Å²) in [5.41, 5.74) is 0.0735. The minimum atomic E-state index is 0.0735. The second-order valence-electron chi connectivity index (χ2n) is 4.96. The molecule has 0 spiro atoms. The molecule has 2 nitrogen and oxygen atoms in total. The van der Waals surface area contributed by atoms with Crippen LogP contribution in [0, 0.1) is 28.6 Å². The van der Waals surface area contributed by atoms with Crippen LogP contribution >= 0.6 is 0 Å². The molecule has 4 fully saturated rings. The Balaban J connectivity index is 1.97. The van der Waals surface area contributed by atoms with E-state index in [0.717, 1.165) is 18.4 Å². The summed E-state index contributed by atoms with van der Waals surface area (Å²) >= 11 is 0. The van der Waals surface area contributed by atoms with Crippen LogP contribution in [-0.2, 0) is 0 Å². The zero-order chi connectivity index (χ0) is 8.18. The fraction of sp³-hybridized carbons (Fsp3) is 0.900. The molecule has 3 aliphatic heterocycles. The van der Waals surface area contributed by atoms with Crippen molar-refractivity contribution in [1.29, 1.82) is 5.26 Å². The van der Waals surface area contributed by atoms with E-state index in [1.165, 1.54) is 32.4 Å². The molecule has 64 valence electrons. The summed E-state index contributed by atoms with van der Waals surface area (Å²) in [5, 5.41) is 9.15. The Hall–Kier alpha value is -0.550. The van der Waals surface area contributed by atoms with E-state index in [1.54, 1.807) is 0 Å². The van der Waals surface area contributed by atoms with Gasteiger partial charge in [0, 0.05) is 19.6 Å². The van der Waals surface area contributed by atoms with Crippen molar-refractivity contribution < 1.29 is 0 Å². The fourth-order valence-electron chi connectivity index (χ4n) is 3.72. The van der Waals surface area contributed by atoms with Crippen LogP contribution in [0.25, 0.3) is 0 Å². The molecule has 0 aromatic rings. The Morgan fingerprint density at radius 2 is 1.92 bits per heavy atom. The second-order valence-corrected chi connectivity index (χ2v) is 4.96. The van der Waals surface area contributed by atoms with E-state index in [1.807, 2.05) is 0 Å². The van der Waals surface area contributed by atoms with Gasteiger partial charge in [0.15, 0.2) is 0 Å². The molecule has 3 heterocycles.